The number of rotatable bonds is 4. The topological polar surface area (TPSA) is 43.1 Å². The number of hydrogen-bond acceptors (Lipinski definition) is 2. The molecule has 0 fully saturated rings. The highest BCUT2D eigenvalue weighted by molar-refractivity contribution is 9.10. The van der Waals surface area contributed by atoms with Crippen molar-refractivity contribution in [2.45, 2.75) is 13.3 Å². The van der Waals surface area contributed by atoms with Crippen LogP contribution in [0.5, 0.6) is 0 Å². The largest absolute Gasteiger partial charge is 0.330 e. The molecule has 0 saturated carbocycles. The van der Waals surface area contributed by atoms with E-state index in [4.69, 9.17) is 5.73 Å². The number of nitrogens with two attached hydrogens (primary N) is 1. The van der Waals surface area contributed by atoms with E-state index in [2.05, 4.69) is 15.9 Å². The smallest absolute Gasteiger partial charge is 0.164 e. The molecule has 0 aliphatic heterocycles. The Bertz CT molecular complexity index is 325. The summed E-state index contributed by atoms with van der Waals surface area (Å²) in [7, 11) is 0. The predicted octanol–water partition coefficient (Wildman–Crippen LogP) is 2.62. The third kappa shape index (κ3) is 2.93. The first-order chi connectivity index (χ1) is 6.65. The molecule has 3 heteroatoms. The fraction of sp³-hybridized carbons (Fsp3) is 0.364. The summed E-state index contributed by atoms with van der Waals surface area (Å²) in [6.07, 6.45) is 0.513. The summed E-state index contributed by atoms with van der Waals surface area (Å²) in [5.41, 5.74) is 6.22. The second-order valence-corrected chi connectivity index (χ2v) is 4.30. The molecular weight excluding hydrogens is 242 g/mol. The number of carbonyl (C=O) groups is 1. The van der Waals surface area contributed by atoms with Gasteiger partial charge in [0.2, 0.25) is 0 Å². The van der Waals surface area contributed by atoms with Crippen LogP contribution in [0.15, 0.2) is 28.7 Å². The summed E-state index contributed by atoms with van der Waals surface area (Å²) in [5.74, 6) is 0.394. The number of halogens is 1. The molecule has 0 bridgehead atoms. The van der Waals surface area contributed by atoms with Crippen molar-refractivity contribution in [2.24, 2.45) is 11.7 Å². The summed E-state index contributed by atoms with van der Waals surface area (Å²) >= 11 is 3.36. The molecule has 0 saturated heterocycles. The van der Waals surface area contributed by atoms with Crippen LogP contribution >= 0.6 is 15.9 Å². The molecular formula is C11H14BrNO. The molecule has 1 aromatic carbocycles. The average Bonchev–Trinajstić information content (AvgIpc) is 2.18. The lowest BCUT2D eigenvalue weighted by Gasteiger charge is -2.08. The summed E-state index contributed by atoms with van der Waals surface area (Å²) in [5, 5.41) is 0. The Labute approximate surface area is 92.6 Å². The number of Topliss-reactive ketones (excluding diaryl/α,β-unsaturated/α-hetero) is 1. The second kappa shape index (κ2) is 5.27. The minimum atomic E-state index is 0.149. The van der Waals surface area contributed by atoms with Gasteiger partial charge in [-0.2, -0.15) is 0 Å². The van der Waals surface area contributed by atoms with Crippen LogP contribution in [-0.2, 0) is 0 Å². The lowest BCUT2D eigenvalue weighted by molar-refractivity contribution is 0.0965. The van der Waals surface area contributed by atoms with E-state index in [0.717, 1.165) is 10.0 Å². The molecule has 1 aromatic rings. The maximum atomic E-state index is 11.7. The zero-order valence-corrected chi connectivity index (χ0v) is 9.75. The van der Waals surface area contributed by atoms with E-state index in [0.29, 0.717) is 13.0 Å². The zero-order chi connectivity index (χ0) is 10.6. The second-order valence-electron chi connectivity index (χ2n) is 3.45. The van der Waals surface area contributed by atoms with Crippen LogP contribution in [0.3, 0.4) is 0 Å². The molecule has 0 aliphatic rings. The van der Waals surface area contributed by atoms with E-state index >= 15 is 0 Å². The van der Waals surface area contributed by atoms with Gasteiger partial charge in [0.25, 0.3) is 0 Å². The summed E-state index contributed by atoms with van der Waals surface area (Å²) in [6.45, 7) is 2.53. The van der Waals surface area contributed by atoms with Gasteiger partial charge in [-0.25, -0.2) is 0 Å². The number of ketones is 1. The molecule has 76 valence electrons. The minimum absolute atomic E-state index is 0.149. The Morgan fingerprint density at radius 3 is 2.71 bits per heavy atom. The molecule has 2 nitrogen and oxygen atoms in total. The highest BCUT2D eigenvalue weighted by Gasteiger charge is 2.12. The van der Waals surface area contributed by atoms with Gasteiger partial charge >= 0.3 is 0 Å². The van der Waals surface area contributed by atoms with Gasteiger partial charge in [0, 0.05) is 16.5 Å². The van der Waals surface area contributed by atoms with Crippen molar-refractivity contribution in [2.75, 3.05) is 6.54 Å². The Morgan fingerprint density at radius 1 is 1.50 bits per heavy atom. The SMILES string of the molecule is CC(CN)CC(=O)c1ccccc1Br. The van der Waals surface area contributed by atoms with Gasteiger partial charge in [-0.3, -0.25) is 4.79 Å². The molecule has 0 aliphatic carbocycles. The van der Waals surface area contributed by atoms with Gasteiger partial charge in [0.1, 0.15) is 0 Å². The Kier molecular flexibility index (Phi) is 4.29. The summed E-state index contributed by atoms with van der Waals surface area (Å²) in [4.78, 5) is 11.7. The lowest BCUT2D eigenvalue weighted by Crippen LogP contribution is -2.15. The zero-order valence-electron chi connectivity index (χ0n) is 8.16. The van der Waals surface area contributed by atoms with E-state index in [1.807, 2.05) is 31.2 Å². The molecule has 0 heterocycles. The summed E-state index contributed by atoms with van der Waals surface area (Å²) in [6, 6.07) is 7.47. The van der Waals surface area contributed by atoms with Crippen LogP contribution in [0.1, 0.15) is 23.7 Å². The molecule has 0 radical (unpaired) electrons. The molecule has 1 rings (SSSR count). The highest BCUT2D eigenvalue weighted by atomic mass is 79.9. The van der Waals surface area contributed by atoms with E-state index in [-0.39, 0.29) is 11.7 Å². The highest BCUT2D eigenvalue weighted by Crippen LogP contribution is 2.19. The lowest BCUT2D eigenvalue weighted by atomic mass is 10.00. The van der Waals surface area contributed by atoms with E-state index in [1.54, 1.807) is 0 Å². The monoisotopic (exact) mass is 255 g/mol. The van der Waals surface area contributed by atoms with Crippen LogP contribution in [-0.4, -0.2) is 12.3 Å². The molecule has 1 unspecified atom stereocenters. The molecule has 14 heavy (non-hydrogen) atoms. The molecule has 2 N–H and O–H groups in total. The minimum Gasteiger partial charge on any atom is -0.330 e. The van der Waals surface area contributed by atoms with E-state index < -0.39 is 0 Å². The first kappa shape index (κ1) is 11.4. The quantitative estimate of drug-likeness (QED) is 0.841. The van der Waals surface area contributed by atoms with Crippen LogP contribution in [0.25, 0.3) is 0 Å². The van der Waals surface area contributed by atoms with Crippen molar-refractivity contribution in [3.63, 3.8) is 0 Å². The van der Waals surface area contributed by atoms with Crippen molar-refractivity contribution in [1.82, 2.24) is 0 Å². The maximum Gasteiger partial charge on any atom is 0.164 e. The molecule has 0 aromatic heterocycles. The van der Waals surface area contributed by atoms with Crippen molar-refractivity contribution >= 4 is 21.7 Å². The predicted molar refractivity (Wildman–Crippen MR) is 61.3 cm³/mol. The van der Waals surface area contributed by atoms with Gasteiger partial charge < -0.3 is 5.73 Å². The number of carbonyl (C=O) groups excluding carboxylic acids is 1. The third-order valence-corrected chi connectivity index (χ3v) is 2.80. The van der Waals surface area contributed by atoms with E-state index in [1.165, 1.54) is 0 Å². The first-order valence-electron chi connectivity index (χ1n) is 4.63. The van der Waals surface area contributed by atoms with Crippen LogP contribution < -0.4 is 5.73 Å². The Morgan fingerprint density at radius 2 is 2.14 bits per heavy atom. The Hall–Kier alpha value is -0.670. The first-order valence-corrected chi connectivity index (χ1v) is 5.42. The normalized spacial score (nSPS) is 12.5. The van der Waals surface area contributed by atoms with Crippen LogP contribution in [0.2, 0.25) is 0 Å². The van der Waals surface area contributed by atoms with E-state index in [9.17, 15) is 4.79 Å². The number of benzene rings is 1. The van der Waals surface area contributed by atoms with Crippen molar-refractivity contribution < 1.29 is 4.79 Å². The summed E-state index contributed by atoms with van der Waals surface area (Å²) < 4.78 is 0.856. The van der Waals surface area contributed by atoms with Gasteiger partial charge in [-0.1, -0.05) is 41.1 Å². The van der Waals surface area contributed by atoms with Crippen molar-refractivity contribution in [3.05, 3.63) is 34.3 Å². The number of hydrogen-bond donors (Lipinski definition) is 1. The van der Waals surface area contributed by atoms with Gasteiger partial charge in [0.15, 0.2) is 5.78 Å². The van der Waals surface area contributed by atoms with Gasteiger partial charge in [-0.05, 0) is 18.5 Å². The average molecular weight is 256 g/mol. The standard InChI is InChI=1S/C11H14BrNO/c1-8(7-13)6-11(14)9-4-2-3-5-10(9)12/h2-5,8H,6-7,13H2,1H3. The van der Waals surface area contributed by atoms with Crippen LogP contribution in [0.4, 0.5) is 0 Å². The third-order valence-electron chi connectivity index (χ3n) is 2.11. The maximum absolute atomic E-state index is 11.7. The molecule has 1 atom stereocenters. The fourth-order valence-electron chi connectivity index (χ4n) is 1.20. The molecule has 0 spiro atoms. The van der Waals surface area contributed by atoms with Crippen molar-refractivity contribution in [1.29, 1.82) is 0 Å². The van der Waals surface area contributed by atoms with Crippen molar-refractivity contribution in [3.8, 4) is 0 Å². The van der Waals surface area contributed by atoms with Crippen LogP contribution in [0, 0.1) is 5.92 Å². The fourth-order valence-corrected chi connectivity index (χ4v) is 1.70. The Balaban J connectivity index is 2.75. The van der Waals surface area contributed by atoms with Gasteiger partial charge in [-0.15, -0.1) is 0 Å². The molecule has 0 amide bonds. The van der Waals surface area contributed by atoms with Gasteiger partial charge in [0.05, 0.1) is 0 Å².